The van der Waals surface area contributed by atoms with Crippen LogP contribution in [0.2, 0.25) is 0 Å². The Morgan fingerprint density at radius 1 is 1.08 bits per heavy atom. The minimum absolute atomic E-state index is 0.126. The standard InChI is InChI=1S/C21H25N3O2/c1-15-5-9-17(10-6-15)20(25)24-21(22-14-19-4-3-13-26-19)23-18-11-7-16(2)8-12-18/h5-12,19H,3-4,13-14H2,1-2H3,(H2,22,23,24,25). The maximum Gasteiger partial charge on any atom is 0.257 e. The van der Waals surface area contributed by atoms with Gasteiger partial charge in [-0.1, -0.05) is 35.4 Å². The second-order valence-corrected chi connectivity index (χ2v) is 6.64. The van der Waals surface area contributed by atoms with Gasteiger partial charge in [0.1, 0.15) is 0 Å². The number of rotatable bonds is 4. The minimum atomic E-state index is -0.185. The van der Waals surface area contributed by atoms with E-state index in [4.69, 9.17) is 4.74 Å². The van der Waals surface area contributed by atoms with Crippen molar-refractivity contribution in [2.24, 2.45) is 4.99 Å². The monoisotopic (exact) mass is 351 g/mol. The molecule has 5 heteroatoms. The maximum atomic E-state index is 12.5. The average Bonchev–Trinajstić information content (AvgIpc) is 3.15. The highest BCUT2D eigenvalue weighted by molar-refractivity contribution is 6.09. The molecular weight excluding hydrogens is 326 g/mol. The number of amides is 1. The summed E-state index contributed by atoms with van der Waals surface area (Å²) in [5.74, 6) is 0.255. The first kappa shape index (κ1) is 18.1. The first-order valence-corrected chi connectivity index (χ1v) is 8.98. The molecule has 1 aliphatic heterocycles. The van der Waals surface area contributed by atoms with Gasteiger partial charge in [0.25, 0.3) is 5.91 Å². The molecule has 1 saturated heterocycles. The third kappa shape index (κ3) is 5.17. The molecule has 5 nitrogen and oxygen atoms in total. The predicted molar refractivity (Wildman–Crippen MR) is 105 cm³/mol. The molecule has 1 fully saturated rings. The van der Waals surface area contributed by atoms with Crippen molar-refractivity contribution in [1.82, 2.24) is 5.32 Å². The van der Waals surface area contributed by atoms with Crippen molar-refractivity contribution in [3.05, 3.63) is 65.2 Å². The second kappa shape index (κ2) is 8.63. The molecule has 2 aromatic rings. The zero-order valence-corrected chi connectivity index (χ0v) is 15.3. The lowest BCUT2D eigenvalue weighted by molar-refractivity contribution is 0.0975. The Labute approximate surface area is 154 Å². The summed E-state index contributed by atoms with van der Waals surface area (Å²) in [4.78, 5) is 17.1. The van der Waals surface area contributed by atoms with Crippen molar-refractivity contribution in [1.29, 1.82) is 0 Å². The Balaban J connectivity index is 1.72. The number of guanidine groups is 1. The van der Waals surface area contributed by atoms with E-state index in [-0.39, 0.29) is 12.0 Å². The smallest absolute Gasteiger partial charge is 0.257 e. The van der Waals surface area contributed by atoms with E-state index < -0.39 is 0 Å². The number of ether oxygens (including phenoxy) is 1. The van der Waals surface area contributed by atoms with Crippen LogP contribution in [0.15, 0.2) is 53.5 Å². The largest absolute Gasteiger partial charge is 0.376 e. The topological polar surface area (TPSA) is 62.7 Å². The van der Waals surface area contributed by atoms with Crippen molar-refractivity contribution >= 4 is 17.6 Å². The van der Waals surface area contributed by atoms with Crippen LogP contribution in [0.4, 0.5) is 5.69 Å². The van der Waals surface area contributed by atoms with Crippen LogP contribution < -0.4 is 10.6 Å². The van der Waals surface area contributed by atoms with Crippen molar-refractivity contribution in [2.45, 2.75) is 32.8 Å². The van der Waals surface area contributed by atoms with Gasteiger partial charge in [0.2, 0.25) is 5.96 Å². The molecule has 1 amide bonds. The van der Waals surface area contributed by atoms with E-state index in [1.165, 1.54) is 5.56 Å². The SMILES string of the molecule is Cc1ccc(NC(=NCC2CCCO2)NC(=O)c2ccc(C)cc2)cc1. The molecule has 0 aliphatic carbocycles. The summed E-state index contributed by atoms with van der Waals surface area (Å²) in [5.41, 5.74) is 3.78. The van der Waals surface area contributed by atoms with Gasteiger partial charge < -0.3 is 10.1 Å². The Morgan fingerprint density at radius 3 is 2.35 bits per heavy atom. The van der Waals surface area contributed by atoms with Crippen LogP contribution in [-0.2, 0) is 4.74 Å². The normalized spacial score (nSPS) is 17.2. The van der Waals surface area contributed by atoms with E-state index in [1.807, 2.05) is 62.4 Å². The summed E-state index contributed by atoms with van der Waals surface area (Å²) in [7, 11) is 0. The molecule has 3 rings (SSSR count). The summed E-state index contributed by atoms with van der Waals surface area (Å²) in [6, 6.07) is 15.4. The van der Waals surface area contributed by atoms with Crippen LogP contribution in [0.25, 0.3) is 0 Å². The van der Waals surface area contributed by atoms with Gasteiger partial charge in [0.05, 0.1) is 12.6 Å². The lowest BCUT2D eigenvalue weighted by atomic mass is 10.1. The fraction of sp³-hybridized carbons (Fsp3) is 0.333. The van der Waals surface area contributed by atoms with Crippen molar-refractivity contribution < 1.29 is 9.53 Å². The van der Waals surface area contributed by atoms with E-state index >= 15 is 0 Å². The molecule has 1 atom stereocenters. The van der Waals surface area contributed by atoms with Gasteiger partial charge in [-0.25, -0.2) is 4.99 Å². The first-order chi connectivity index (χ1) is 12.6. The van der Waals surface area contributed by atoms with Crippen LogP contribution in [0.5, 0.6) is 0 Å². The molecule has 0 saturated carbocycles. The Bertz CT molecular complexity index is 761. The number of aliphatic imine (C=N–C) groups is 1. The van der Waals surface area contributed by atoms with E-state index in [1.54, 1.807) is 0 Å². The van der Waals surface area contributed by atoms with Crippen molar-refractivity contribution in [2.75, 3.05) is 18.5 Å². The third-order valence-electron chi connectivity index (χ3n) is 4.34. The van der Waals surface area contributed by atoms with E-state index in [9.17, 15) is 4.79 Å². The first-order valence-electron chi connectivity index (χ1n) is 8.98. The number of hydrogen-bond donors (Lipinski definition) is 2. The van der Waals surface area contributed by atoms with Crippen LogP contribution in [0.1, 0.15) is 34.3 Å². The summed E-state index contributed by atoms with van der Waals surface area (Å²) < 4.78 is 5.62. The number of hydrogen-bond acceptors (Lipinski definition) is 3. The Hall–Kier alpha value is -2.66. The van der Waals surface area contributed by atoms with Gasteiger partial charge in [-0.05, 0) is 51.0 Å². The maximum absolute atomic E-state index is 12.5. The van der Waals surface area contributed by atoms with Crippen molar-refractivity contribution in [3.8, 4) is 0 Å². The van der Waals surface area contributed by atoms with Gasteiger partial charge in [-0.2, -0.15) is 0 Å². The molecular formula is C21H25N3O2. The highest BCUT2D eigenvalue weighted by atomic mass is 16.5. The Morgan fingerprint density at radius 2 is 1.73 bits per heavy atom. The van der Waals surface area contributed by atoms with Crippen molar-refractivity contribution in [3.63, 3.8) is 0 Å². The third-order valence-corrected chi connectivity index (χ3v) is 4.34. The number of anilines is 1. The van der Waals surface area contributed by atoms with E-state index in [2.05, 4.69) is 15.6 Å². The van der Waals surface area contributed by atoms with Crippen LogP contribution in [0, 0.1) is 13.8 Å². The van der Waals surface area contributed by atoms with Crippen LogP contribution in [0.3, 0.4) is 0 Å². The predicted octanol–water partition coefficient (Wildman–Crippen LogP) is 3.68. The molecule has 1 heterocycles. The highest BCUT2D eigenvalue weighted by Crippen LogP contribution is 2.13. The van der Waals surface area contributed by atoms with Gasteiger partial charge in [0.15, 0.2) is 0 Å². The molecule has 1 aliphatic rings. The number of benzene rings is 2. The van der Waals surface area contributed by atoms with Gasteiger partial charge in [-0.15, -0.1) is 0 Å². The summed E-state index contributed by atoms with van der Waals surface area (Å²) in [5, 5.41) is 6.09. The van der Waals surface area contributed by atoms with E-state index in [0.717, 1.165) is 30.7 Å². The lowest BCUT2D eigenvalue weighted by Gasteiger charge is -2.13. The molecule has 2 N–H and O–H groups in total. The molecule has 0 radical (unpaired) electrons. The second-order valence-electron chi connectivity index (χ2n) is 6.64. The average molecular weight is 351 g/mol. The summed E-state index contributed by atoms with van der Waals surface area (Å²) >= 11 is 0. The molecule has 0 aromatic heterocycles. The van der Waals surface area contributed by atoms with Crippen LogP contribution in [-0.4, -0.2) is 31.1 Å². The van der Waals surface area contributed by atoms with Gasteiger partial charge in [-0.3, -0.25) is 10.1 Å². The molecule has 136 valence electrons. The zero-order valence-electron chi connectivity index (χ0n) is 15.3. The quantitative estimate of drug-likeness (QED) is 0.652. The zero-order chi connectivity index (χ0) is 18.4. The van der Waals surface area contributed by atoms with E-state index in [0.29, 0.717) is 18.1 Å². The van der Waals surface area contributed by atoms with Gasteiger partial charge >= 0.3 is 0 Å². The number of carbonyl (C=O) groups excluding carboxylic acids is 1. The lowest BCUT2D eigenvalue weighted by Crippen LogP contribution is -2.36. The van der Waals surface area contributed by atoms with Crippen LogP contribution >= 0.6 is 0 Å². The molecule has 0 bridgehead atoms. The fourth-order valence-corrected chi connectivity index (χ4v) is 2.75. The number of aryl methyl sites for hydroxylation is 2. The summed E-state index contributed by atoms with van der Waals surface area (Å²) in [6.07, 6.45) is 2.20. The molecule has 26 heavy (non-hydrogen) atoms. The highest BCUT2D eigenvalue weighted by Gasteiger charge is 2.16. The molecule has 0 spiro atoms. The molecule has 1 unspecified atom stereocenters. The number of nitrogens with zero attached hydrogens (tertiary/aromatic N) is 1. The number of nitrogens with one attached hydrogen (secondary N) is 2. The van der Waals surface area contributed by atoms with Gasteiger partial charge in [0, 0.05) is 17.9 Å². The minimum Gasteiger partial charge on any atom is -0.376 e. The summed E-state index contributed by atoms with van der Waals surface area (Å²) in [6.45, 7) is 5.35. The fourth-order valence-electron chi connectivity index (χ4n) is 2.75. The molecule has 2 aromatic carbocycles. The number of carbonyl (C=O) groups is 1. The Kier molecular flexibility index (Phi) is 6.02.